The van der Waals surface area contributed by atoms with E-state index in [4.69, 9.17) is 19.1 Å². The van der Waals surface area contributed by atoms with Crippen LogP contribution in [-0.4, -0.2) is 47.3 Å². The number of aliphatic hydroxyl groups is 1. The van der Waals surface area contributed by atoms with Crippen LogP contribution in [0.2, 0.25) is 0 Å². The standard InChI is InChI=1S/C10H13F3N2O4/c1-5(7(16)10(11,12)13)9-14-8(15-19-9)6-4-17-2-3-18-6/h5-7,16H,2-4H2,1H3. The van der Waals surface area contributed by atoms with Crippen LogP contribution in [0.15, 0.2) is 4.52 Å². The van der Waals surface area contributed by atoms with E-state index < -0.39 is 24.3 Å². The zero-order valence-corrected chi connectivity index (χ0v) is 10.1. The Hall–Kier alpha value is -1.19. The number of hydrogen-bond acceptors (Lipinski definition) is 6. The normalized spacial score (nSPS) is 24.2. The summed E-state index contributed by atoms with van der Waals surface area (Å²) in [6, 6.07) is 0. The monoisotopic (exact) mass is 282 g/mol. The van der Waals surface area contributed by atoms with Gasteiger partial charge >= 0.3 is 6.18 Å². The molecule has 0 amide bonds. The van der Waals surface area contributed by atoms with Crippen molar-refractivity contribution >= 4 is 0 Å². The number of hydrogen-bond donors (Lipinski definition) is 1. The molecule has 0 spiro atoms. The Labute approximate surface area is 106 Å². The van der Waals surface area contributed by atoms with Gasteiger partial charge in [-0.25, -0.2) is 0 Å². The van der Waals surface area contributed by atoms with Crippen LogP contribution in [-0.2, 0) is 9.47 Å². The van der Waals surface area contributed by atoms with E-state index in [1.807, 2.05) is 0 Å². The van der Waals surface area contributed by atoms with E-state index in [1.165, 1.54) is 0 Å². The third kappa shape index (κ3) is 3.23. The fourth-order valence-corrected chi connectivity index (χ4v) is 1.62. The van der Waals surface area contributed by atoms with Gasteiger partial charge in [-0.2, -0.15) is 18.2 Å². The van der Waals surface area contributed by atoms with E-state index in [1.54, 1.807) is 0 Å². The van der Waals surface area contributed by atoms with Crippen molar-refractivity contribution in [3.63, 3.8) is 0 Å². The first-order chi connectivity index (χ1) is 8.89. The molecule has 6 nitrogen and oxygen atoms in total. The maximum absolute atomic E-state index is 12.4. The number of rotatable bonds is 3. The van der Waals surface area contributed by atoms with Crippen LogP contribution < -0.4 is 0 Å². The summed E-state index contributed by atoms with van der Waals surface area (Å²) >= 11 is 0. The van der Waals surface area contributed by atoms with Crippen molar-refractivity contribution in [2.75, 3.05) is 19.8 Å². The van der Waals surface area contributed by atoms with Crippen molar-refractivity contribution in [2.24, 2.45) is 0 Å². The van der Waals surface area contributed by atoms with Gasteiger partial charge in [-0.3, -0.25) is 0 Å². The zero-order chi connectivity index (χ0) is 14.0. The number of alkyl halides is 3. The summed E-state index contributed by atoms with van der Waals surface area (Å²) in [7, 11) is 0. The predicted octanol–water partition coefficient (Wildman–Crippen LogP) is 1.18. The molecule has 0 bridgehead atoms. The summed E-state index contributed by atoms with van der Waals surface area (Å²) in [4.78, 5) is 3.83. The summed E-state index contributed by atoms with van der Waals surface area (Å²) in [5.74, 6) is -1.50. The zero-order valence-electron chi connectivity index (χ0n) is 10.1. The van der Waals surface area contributed by atoms with E-state index in [-0.39, 0.29) is 18.3 Å². The molecular weight excluding hydrogens is 269 g/mol. The summed E-state index contributed by atoms with van der Waals surface area (Å²) in [5.41, 5.74) is 0. The molecule has 3 atom stereocenters. The van der Waals surface area contributed by atoms with Gasteiger partial charge in [0.05, 0.1) is 25.7 Å². The van der Waals surface area contributed by atoms with Gasteiger partial charge < -0.3 is 19.1 Å². The lowest BCUT2D eigenvalue weighted by atomic mass is 10.0. The SMILES string of the molecule is CC(c1nc(C2COCCO2)no1)C(O)C(F)(F)F. The third-order valence-electron chi connectivity index (χ3n) is 2.76. The predicted molar refractivity (Wildman–Crippen MR) is 54.3 cm³/mol. The number of nitrogens with zero attached hydrogens (tertiary/aromatic N) is 2. The Morgan fingerprint density at radius 1 is 1.37 bits per heavy atom. The van der Waals surface area contributed by atoms with Gasteiger partial charge in [0.15, 0.2) is 6.10 Å². The van der Waals surface area contributed by atoms with E-state index in [0.29, 0.717) is 13.2 Å². The van der Waals surface area contributed by atoms with Gasteiger partial charge in [0.1, 0.15) is 6.10 Å². The molecule has 0 saturated carbocycles. The molecule has 9 heteroatoms. The molecule has 2 heterocycles. The lowest BCUT2D eigenvalue weighted by Gasteiger charge is -2.20. The Bertz CT molecular complexity index is 417. The van der Waals surface area contributed by atoms with Gasteiger partial charge in [0.25, 0.3) is 0 Å². The largest absolute Gasteiger partial charge is 0.415 e. The second-order valence-electron chi connectivity index (χ2n) is 4.20. The summed E-state index contributed by atoms with van der Waals surface area (Å²) in [6.45, 7) is 2.18. The summed E-state index contributed by atoms with van der Waals surface area (Å²) in [6.07, 6.45) is -7.84. The number of aliphatic hydroxyl groups excluding tert-OH is 1. The second-order valence-corrected chi connectivity index (χ2v) is 4.20. The Morgan fingerprint density at radius 3 is 2.68 bits per heavy atom. The molecule has 2 rings (SSSR count). The Kier molecular flexibility index (Phi) is 4.07. The second kappa shape index (κ2) is 5.43. The summed E-state index contributed by atoms with van der Waals surface area (Å²) in [5, 5.41) is 12.7. The molecule has 0 radical (unpaired) electrons. The van der Waals surface area contributed by atoms with Gasteiger partial charge in [0.2, 0.25) is 11.7 Å². The minimum atomic E-state index is -4.74. The van der Waals surface area contributed by atoms with E-state index in [2.05, 4.69) is 10.1 Å². The molecule has 1 aliphatic heterocycles. The Balaban J connectivity index is 2.07. The molecule has 19 heavy (non-hydrogen) atoms. The molecule has 1 saturated heterocycles. The highest BCUT2D eigenvalue weighted by Crippen LogP contribution is 2.31. The van der Waals surface area contributed by atoms with Gasteiger partial charge in [-0.15, -0.1) is 0 Å². The van der Waals surface area contributed by atoms with Crippen LogP contribution >= 0.6 is 0 Å². The lowest BCUT2D eigenvalue weighted by molar-refractivity contribution is -0.210. The minimum absolute atomic E-state index is 0.121. The molecule has 0 aromatic carbocycles. The molecule has 1 aliphatic rings. The fraction of sp³-hybridized carbons (Fsp3) is 0.800. The van der Waals surface area contributed by atoms with E-state index in [0.717, 1.165) is 6.92 Å². The first-order valence-electron chi connectivity index (χ1n) is 5.67. The van der Waals surface area contributed by atoms with Crippen molar-refractivity contribution in [1.82, 2.24) is 10.1 Å². The quantitative estimate of drug-likeness (QED) is 0.897. The maximum atomic E-state index is 12.4. The highest BCUT2D eigenvalue weighted by molar-refractivity contribution is 4.99. The lowest BCUT2D eigenvalue weighted by Crippen LogP contribution is -2.33. The minimum Gasteiger partial charge on any atom is -0.383 e. The highest BCUT2D eigenvalue weighted by Gasteiger charge is 2.44. The topological polar surface area (TPSA) is 77.6 Å². The molecule has 108 valence electrons. The van der Waals surface area contributed by atoms with Crippen molar-refractivity contribution in [1.29, 1.82) is 0 Å². The molecule has 1 aromatic rings. The van der Waals surface area contributed by atoms with Crippen LogP contribution in [0.3, 0.4) is 0 Å². The average Bonchev–Trinajstić information content (AvgIpc) is 2.86. The molecule has 0 aliphatic carbocycles. The van der Waals surface area contributed by atoms with Gasteiger partial charge in [-0.1, -0.05) is 12.1 Å². The molecule has 3 unspecified atom stereocenters. The van der Waals surface area contributed by atoms with Gasteiger partial charge in [0, 0.05) is 0 Å². The highest BCUT2D eigenvalue weighted by atomic mass is 19.4. The van der Waals surface area contributed by atoms with E-state index in [9.17, 15) is 13.2 Å². The third-order valence-corrected chi connectivity index (χ3v) is 2.76. The Morgan fingerprint density at radius 2 is 2.11 bits per heavy atom. The number of halogens is 3. The van der Waals surface area contributed by atoms with Crippen LogP contribution in [0, 0.1) is 0 Å². The van der Waals surface area contributed by atoms with Crippen molar-refractivity contribution in [2.45, 2.75) is 31.2 Å². The van der Waals surface area contributed by atoms with E-state index >= 15 is 0 Å². The van der Waals surface area contributed by atoms with Crippen LogP contribution in [0.1, 0.15) is 30.7 Å². The van der Waals surface area contributed by atoms with Crippen LogP contribution in [0.25, 0.3) is 0 Å². The van der Waals surface area contributed by atoms with Crippen LogP contribution in [0.5, 0.6) is 0 Å². The molecule has 1 fully saturated rings. The molecular formula is C10H13F3N2O4. The molecule has 1 N–H and O–H groups in total. The molecule has 1 aromatic heterocycles. The van der Waals surface area contributed by atoms with Crippen molar-refractivity contribution < 1.29 is 32.3 Å². The average molecular weight is 282 g/mol. The summed E-state index contributed by atoms with van der Waals surface area (Å²) < 4.78 is 52.2. The number of aromatic nitrogens is 2. The first kappa shape index (κ1) is 14.2. The van der Waals surface area contributed by atoms with Crippen molar-refractivity contribution in [3.8, 4) is 0 Å². The smallest absolute Gasteiger partial charge is 0.383 e. The number of ether oxygens (including phenoxy) is 2. The van der Waals surface area contributed by atoms with Crippen molar-refractivity contribution in [3.05, 3.63) is 11.7 Å². The van der Waals surface area contributed by atoms with Gasteiger partial charge in [-0.05, 0) is 0 Å². The van der Waals surface area contributed by atoms with Crippen LogP contribution in [0.4, 0.5) is 13.2 Å². The maximum Gasteiger partial charge on any atom is 0.415 e. The first-order valence-corrected chi connectivity index (χ1v) is 5.67. The fourth-order valence-electron chi connectivity index (χ4n) is 1.62.